The number of benzene rings is 1. The third-order valence-corrected chi connectivity index (χ3v) is 2.85. The molecule has 0 radical (unpaired) electrons. The summed E-state index contributed by atoms with van der Waals surface area (Å²) in [6.07, 6.45) is 1.11. The van der Waals surface area contributed by atoms with Gasteiger partial charge in [0.15, 0.2) is 5.78 Å². The number of aromatic hydroxyl groups is 1. The Kier molecular flexibility index (Phi) is 3.19. The molecule has 0 saturated carbocycles. The molecule has 0 saturated heterocycles. The largest absolute Gasteiger partial charge is 0.507 e. The van der Waals surface area contributed by atoms with Crippen LogP contribution in [0.4, 0.5) is 0 Å². The van der Waals surface area contributed by atoms with E-state index in [1.165, 1.54) is 12.1 Å². The van der Waals surface area contributed by atoms with Crippen molar-refractivity contribution in [1.82, 2.24) is 0 Å². The minimum absolute atomic E-state index is 0.109. The summed E-state index contributed by atoms with van der Waals surface area (Å²) in [4.78, 5) is 23.1. The summed E-state index contributed by atoms with van der Waals surface area (Å²) in [5, 5.41) is 10.5. The van der Waals surface area contributed by atoms with E-state index in [0.29, 0.717) is 17.4 Å². The second-order valence-electron chi connectivity index (χ2n) is 4.29. The molecular weight excluding hydrogens is 232 g/mol. The smallest absolute Gasteiger partial charge is 0.336 e. The fourth-order valence-corrected chi connectivity index (χ4v) is 1.94. The first-order valence-electron chi connectivity index (χ1n) is 5.83. The molecule has 18 heavy (non-hydrogen) atoms. The molecule has 1 N–H and O–H groups in total. The van der Waals surface area contributed by atoms with Gasteiger partial charge in [0, 0.05) is 23.9 Å². The van der Waals surface area contributed by atoms with E-state index < -0.39 is 5.63 Å². The lowest BCUT2D eigenvalue weighted by molar-refractivity contribution is 0.0979. The molecule has 0 spiro atoms. The van der Waals surface area contributed by atoms with Crippen molar-refractivity contribution >= 4 is 16.8 Å². The van der Waals surface area contributed by atoms with Crippen molar-refractivity contribution in [2.45, 2.75) is 26.7 Å². The molecule has 0 unspecified atom stereocenters. The summed E-state index contributed by atoms with van der Waals surface area (Å²) < 4.78 is 4.99. The maximum atomic E-state index is 11.8. The number of Topliss-reactive ketones (excluding diaryl/α,β-unsaturated/α-hetero) is 1. The van der Waals surface area contributed by atoms with Crippen molar-refractivity contribution in [3.63, 3.8) is 0 Å². The number of phenolic OH excluding ortho intramolecular Hbond substituents is 1. The zero-order valence-electron chi connectivity index (χ0n) is 10.3. The average Bonchev–Trinajstić information content (AvgIpc) is 2.27. The molecule has 1 aromatic heterocycles. The first kappa shape index (κ1) is 12.4. The van der Waals surface area contributed by atoms with E-state index in [-0.39, 0.29) is 17.1 Å². The predicted octanol–water partition coefficient (Wildman–Crippen LogP) is 2.79. The molecule has 0 fully saturated rings. The van der Waals surface area contributed by atoms with Gasteiger partial charge in [0.05, 0.1) is 5.56 Å². The summed E-state index contributed by atoms with van der Waals surface area (Å²) in [5.74, 6) is -0.253. The number of ketones is 1. The summed E-state index contributed by atoms with van der Waals surface area (Å²) in [5.41, 5.74) is 0.839. The Morgan fingerprint density at radius 2 is 2.06 bits per heavy atom. The minimum atomic E-state index is -0.466. The lowest BCUT2D eigenvalue weighted by Gasteiger charge is -2.06. The van der Waals surface area contributed by atoms with E-state index in [0.717, 1.165) is 12.0 Å². The Hall–Kier alpha value is -2.10. The highest BCUT2D eigenvalue weighted by Gasteiger charge is 2.14. The van der Waals surface area contributed by atoms with Crippen molar-refractivity contribution in [3.8, 4) is 5.75 Å². The Bertz CT molecular complexity index is 667. The highest BCUT2D eigenvalue weighted by atomic mass is 16.4. The molecule has 2 aromatic rings. The van der Waals surface area contributed by atoms with Crippen LogP contribution in [-0.2, 0) is 0 Å². The molecule has 0 amide bonds. The molecule has 4 nitrogen and oxygen atoms in total. The lowest BCUT2D eigenvalue weighted by Crippen LogP contribution is -2.02. The Balaban J connectivity index is 2.68. The molecule has 4 heteroatoms. The molecule has 1 heterocycles. The summed E-state index contributed by atoms with van der Waals surface area (Å²) in [6.45, 7) is 3.67. The zero-order valence-corrected chi connectivity index (χ0v) is 10.3. The SMILES string of the molecule is CCCC(=O)c1cc2c(C)cc(=O)oc2cc1O. The number of aryl methyl sites for hydroxylation is 1. The van der Waals surface area contributed by atoms with Crippen LogP contribution in [0.25, 0.3) is 11.0 Å². The van der Waals surface area contributed by atoms with Crippen molar-refractivity contribution in [3.05, 3.63) is 39.7 Å². The lowest BCUT2D eigenvalue weighted by atomic mass is 10.0. The molecule has 0 aliphatic carbocycles. The van der Waals surface area contributed by atoms with Crippen LogP contribution in [-0.4, -0.2) is 10.9 Å². The van der Waals surface area contributed by atoms with E-state index in [1.54, 1.807) is 13.0 Å². The fraction of sp³-hybridized carbons (Fsp3) is 0.286. The van der Waals surface area contributed by atoms with E-state index in [4.69, 9.17) is 4.42 Å². The van der Waals surface area contributed by atoms with E-state index in [2.05, 4.69) is 0 Å². The second kappa shape index (κ2) is 4.64. The predicted molar refractivity (Wildman–Crippen MR) is 68.1 cm³/mol. The van der Waals surface area contributed by atoms with Crippen LogP contribution in [0.2, 0.25) is 0 Å². The number of carbonyl (C=O) groups excluding carboxylic acids is 1. The van der Waals surface area contributed by atoms with Gasteiger partial charge in [-0.05, 0) is 25.0 Å². The average molecular weight is 246 g/mol. The van der Waals surface area contributed by atoms with Crippen LogP contribution >= 0.6 is 0 Å². The van der Waals surface area contributed by atoms with E-state index in [1.807, 2.05) is 6.92 Å². The molecule has 0 atom stereocenters. The van der Waals surface area contributed by atoms with Crippen LogP contribution in [0.15, 0.2) is 27.4 Å². The fourth-order valence-electron chi connectivity index (χ4n) is 1.94. The third kappa shape index (κ3) is 2.14. The molecule has 94 valence electrons. The number of hydrogen-bond donors (Lipinski definition) is 1. The number of fused-ring (bicyclic) bond motifs is 1. The summed E-state index contributed by atoms with van der Waals surface area (Å²) >= 11 is 0. The zero-order chi connectivity index (χ0) is 13.3. The number of rotatable bonds is 3. The first-order valence-corrected chi connectivity index (χ1v) is 5.83. The van der Waals surface area contributed by atoms with Gasteiger partial charge in [-0.1, -0.05) is 6.92 Å². The topological polar surface area (TPSA) is 67.5 Å². The van der Waals surface area contributed by atoms with Gasteiger partial charge in [-0.3, -0.25) is 4.79 Å². The molecule has 0 bridgehead atoms. The van der Waals surface area contributed by atoms with Crippen LogP contribution in [0, 0.1) is 6.92 Å². The Morgan fingerprint density at radius 3 is 2.72 bits per heavy atom. The first-order chi connectivity index (χ1) is 8.52. The Labute approximate surface area is 104 Å². The van der Waals surface area contributed by atoms with E-state index in [9.17, 15) is 14.7 Å². The Morgan fingerprint density at radius 1 is 1.33 bits per heavy atom. The van der Waals surface area contributed by atoms with Crippen molar-refractivity contribution in [1.29, 1.82) is 0 Å². The van der Waals surface area contributed by atoms with Crippen molar-refractivity contribution in [2.24, 2.45) is 0 Å². The third-order valence-electron chi connectivity index (χ3n) is 2.85. The normalized spacial score (nSPS) is 10.8. The van der Waals surface area contributed by atoms with Crippen LogP contribution in [0.5, 0.6) is 5.75 Å². The quantitative estimate of drug-likeness (QED) is 0.668. The second-order valence-corrected chi connectivity index (χ2v) is 4.29. The molecule has 2 rings (SSSR count). The summed E-state index contributed by atoms with van der Waals surface area (Å²) in [6, 6.07) is 4.28. The van der Waals surface area contributed by atoms with Gasteiger partial charge in [0.25, 0.3) is 0 Å². The van der Waals surface area contributed by atoms with Gasteiger partial charge in [0.1, 0.15) is 11.3 Å². The molecule has 0 aliphatic rings. The monoisotopic (exact) mass is 246 g/mol. The highest BCUT2D eigenvalue weighted by Crippen LogP contribution is 2.27. The molecule has 0 aliphatic heterocycles. The van der Waals surface area contributed by atoms with Crippen molar-refractivity contribution < 1.29 is 14.3 Å². The number of phenols is 1. The van der Waals surface area contributed by atoms with Gasteiger partial charge < -0.3 is 9.52 Å². The molecule has 1 aromatic carbocycles. The van der Waals surface area contributed by atoms with Crippen LogP contribution < -0.4 is 5.63 Å². The van der Waals surface area contributed by atoms with Gasteiger partial charge in [-0.15, -0.1) is 0 Å². The van der Waals surface area contributed by atoms with Crippen LogP contribution in [0.1, 0.15) is 35.7 Å². The molecular formula is C14H14O4. The van der Waals surface area contributed by atoms with Gasteiger partial charge in [-0.2, -0.15) is 0 Å². The maximum Gasteiger partial charge on any atom is 0.336 e. The number of carbonyl (C=O) groups is 1. The van der Waals surface area contributed by atoms with Gasteiger partial charge in [-0.25, -0.2) is 4.79 Å². The van der Waals surface area contributed by atoms with Crippen molar-refractivity contribution in [2.75, 3.05) is 0 Å². The maximum absolute atomic E-state index is 11.8. The van der Waals surface area contributed by atoms with Crippen LogP contribution in [0.3, 0.4) is 0 Å². The minimum Gasteiger partial charge on any atom is -0.507 e. The highest BCUT2D eigenvalue weighted by molar-refractivity contribution is 6.02. The van der Waals surface area contributed by atoms with Gasteiger partial charge >= 0.3 is 5.63 Å². The standard InChI is InChI=1S/C14H14O4/c1-3-4-11(15)10-6-9-8(2)5-14(17)18-13(9)7-12(10)16/h5-7,16H,3-4H2,1-2H3. The summed E-state index contributed by atoms with van der Waals surface area (Å²) in [7, 11) is 0. The van der Waals surface area contributed by atoms with E-state index >= 15 is 0 Å². The number of hydrogen-bond acceptors (Lipinski definition) is 4. The van der Waals surface area contributed by atoms with Gasteiger partial charge in [0.2, 0.25) is 0 Å².